The molecule has 1 aromatic carbocycles. The van der Waals surface area contributed by atoms with Crippen molar-refractivity contribution >= 4 is 89.8 Å². The lowest BCUT2D eigenvalue weighted by Gasteiger charge is -2.42. The molecule has 2 bridgehead atoms. The van der Waals surface area contributed by atoms with Crippen LogP contribution in [0, 0.1) is 28.5 Å². The lowest BCUT2D eigenvalue weighted by molar-refractivity contribution is -0.193. The number of rotatable bonds is 6. The van der Waals surface area contributed by atoms with Crippen LogP contribution in [0.1, 0.15) is 36.0 Å². The van der Waals surface area contributed by atoms with Gasteiger partial charge in [-0.1, -0.05) is 0 Å². The standard InChI is InChI=1S/C19H16F3I3O8S/c20-12(19(21,22)34(28,29)30)1-2-31-16(26)9-4-8-3-7(9)6-18(8)32-15-11(24)5-10(23)14(25)13(15)17(27)33-18/h5,7-9,12H,1-4,6H2,(H,28,29,30). The number of carbonyl (C=O) groups is 2. The molecule has 0 aromatic heterocycles. The highest BCUT2D eigenvalue weighted by atomic mass is 127. The number of fused-ring (bicyclic) bond motifs is 4. The summed E-state index contributed by atoms with van der Waals surface area (Å²) in [6.07, 6.45) is -3.30. The maximum Gasteiger partial charge on any atom is 0.400 e. The van der Waals surface area contributed by atoms with Crippen LogP contribution in [-0.2, 0) is 24.4 Å². The Morgan fingerprint density at radius 2 is 1.94 bits per heavy atom. The van der Waals surface area contributed by atoms with E-state index in [1.807, 2.05) is 6.07 Å². The maximum atomic E-state index is 13.6. The summed E-state index contributed by atoms with van der Waals surface area (Å²) in [7, 11) is -5.93. The molecule has 34 heavy (non-hydrogen) atoms. The molecule has 5 atom stereocenters. The number of ether oxygens (including phenoxy) is 3. The molecular formula is C19H16F3I3O8S. The average molecular weight is 842 g/mol. The van der Waals surface area contributed by atoms with E-state index in [0.717, 1.165) is 10.7 Å². The van der Waals surface area contributed by atoms with Gasteiger partial charge in [0.25, 0.3) is 5.79 Å². The summed E-state index contributed by atoms with van der Waals surface area (Å²) in [5.41, 5.74) is 0.365. The molecule has 5 unspecified atom stereocenters. The fourth-order valence-electron chi connectivity index (χ4n) is 4.74. The largest absolute Gasteiger partial charge is 0.465 e. The molecule has 0 amide bonds. The summed E-state index contributed by atoms with van der Waals surface area (Å²) in [6.45, 7) is -0.779. The summed E-state index contributed by atoms with van der Waals surface area (Å²) in [5.74, 6) is -3.15. The van der Waals surface area contributed by atoms with Crippen LogP contribution in [0.2, 0.25) is 0 Å². The first-order chi connectivity index (χ1) is 15.7. The van der Waals surface area contributed by atoms with Crippen molar-refractivity contribution in [2.75, 3.05) is 6.61 Å². The van der Waals surface area contributed by atoms with Crippen molar-refractivity contribution in [1.82, 2.24) is 0 Å². The quantitative estimate of drug-likeness (QED) is 0.192. The van der Waals surface area contributed by atoms with E-state index in [9.17, 15) is 31.2 Å². The Balaban J connectivity index is 1.39. The van der Waals surface area contributed by atoms with Crippen molar-refractivity contribution in [3.8, 4) is 5.75 Å². The molecule has 15 heteroatoms. The molecule has 1 aromatic rings. The van der Waals surface area contributed by atoms with E-state index in [1.54, 1.807) is 0 Å². The molecule has 0 radical (unpaired) electrons. The van der Waals surface area contributed by atoms with Crippen molar-refractivity contribution < 1.29 is 49.9 Å². The van der Waals surface area contributed by atoms with Gasteiger partial charge < -0.3 is 14.2 Å². The number of hydrogen-bond acceptors (Lipinski definition) is 7. The number of halogens is 6. The van der Waals surface area contributed by atoms with Crippen LogP contribution in [0.3, 0.4) is 0 Å². The number of hydrogen-bond donors (Lipinski definition) is 1. The van der Waals surface area contributed by atoms with Gasteiger partial charge in [0, 0.05) is 25.9 Å². The van der Waals surface area contributed by atoms with Gasteiger partial charge in [0.05, 0.1) is 16.1 Å². The van der Waals surface area contributed by atoms with E-state index in [1.165, 1.54) is 0 Å². The predicted molar refractivity (Wildman–Crippen MR) is 135 cm³/mol. The Morgan fingerprint density at radius 1 is 1.26 bits per heavy atom. The third-order valence-corrected chi connectivity index (χ3v) is 11.1. The molecule has 1 spiro atoms. The SMILES string of the molecule is O=C1OC2(CC3CC2CC3C(=O)OCCC(F)C(F)(F)S(=O)(=O)O)Oc2c(I)cc(I)c(I)c21. The van der Waals surface area contributed by atoms with Crippen molar-refractivity contribution in [1.29, 1.82) is 0 Å². The predicted octanol–water partition coefficient (Wildman–Crippen LogP) is 4.54. The third kappa shape index (κ3) is 4.52. The van der Waals surface area contributed by atoms with E-state index >= 15 is 0 Å². The van der Waals surface area contributed by atoms with Gasteiger partial charge in [-0.15, -0.1) is 0 Å². The van der Waals surface area contributed by atoms with Crippen molar-refractivity contribution in [2.24, 2.45) is 17.8 Å². The zero-order valence-electron chi connectivity index (χ0n) is 16.9. The molecule has 1 heterocycles. The van der Waals surface area contributed by atoms with E-state index in [2.05, 4.69) is 67.8 Å². The first kappa shape index (κ1) is 26.9. The van der Waals surface area contributed by atoms with Crippen LogP contribution in [0.5, 0.6) is 5.75 Å². The number of benzene rings is 1. The van der Waals surface area contributed by atoms with E-state index in [0.29, 0.717) is 17.7 Å². The number of alkyl halides is 3. The zero-order valence-corrected chi connectivity index (χ0v) is 24.2. The summed E-state index contributed by atoms with van der Waals surface area (Å²) in [4.78, 5) is 25.3. The second-order valence-corrected chi connectivity index (χ2v) is 13.3. The lowest BCUT2D eigenvalue weighted by Crippen LogP contribution is -2.51. The molecule has 1 aliphatic heterocycles. The van der Waals surface area contributed by atoms with Gasteiger partial charge in [0.1, 0.15) is 5.56 Å². The Kier molecular flexibility index (Phi) is 7.36. The van der Waals surface area contributed by atoms with Crippen LogP contribution in [0.25, 0.3) is 0 Å². The van der Waals surface area contributed by atoms with Crippen LogP contribution in [0.4, 0.5) is 13.2 Å². The van der Waals surface area contributed by atoms with Gasteiger partial charge in [-0.25, -0.2) is 9.18 Å². The molecule has 2 aliphatic carbocycles. The minimum absolute atomic E-state index is 0.244. The Labute approximate surface area is 233 Å². The molecule has 188 valence electrons. The normalized spacial score (nSPS) is 28.9. The molecule has 4 rings (SSSR count). The molecular weight excluding hydrogens is 826 g/mol. The van der Waals surface area contributed by atoms with E-state index in [-0.39, 0.29) is 24.7 Å². The number of carbonyl (C=O) groups excluding carboxylic acids is 2. The molecule has 2 saturated carbocycles. The highest BCUT2D eigenvalue weighted by Gasteiger charge is 2.63. The molecule has 0 saturated heterocycles. The minimum Gasteiger partial charge on any atom is -0.465 e. The van der Waals surface area contributed by atoms with Gasteiger partial charge in [-0.3, -0.25) is 9.35 Å². The molecule has 2 fully saturated rings. The highest BCUT2D eigenvalue weighted by Crippen LogP contribution is 2.58. The Morgan fingerprint density at radius 3 is 2.53 bits per heavy atom. The number of esters is 2. The fourth-order valence-corrected chi connectivity index (χ4v) is 7.67. The van der Waals surface area contributed by atoms with Crippen molar-refractivity contribution in [2.45, 2.75) is 42.9 Å². The van der Waals surface area contributed by atoms with E-state index < -0.39 is 58.2 Å². The van der Waals surface area contributed by atoms with Crippen LogP contribution >= 0.6 is 67.8 Å². The van der Waals surface area contributed by atoms with Gasteiger partial charge in [0.15, 0.2) is 11.9 Å². The van der Waals surface area contributed by atoms with Gasteiger partial charge in [-0.2, -0.15) is 17.2 Å². The topological polar surface area (TPSA) is 116 Å². The summed E-state index contributed by atoms with van der Waals surface area (Å²) in [5, 5.41) is -5.00. The van der Waals surface area contributed by atoms with Crippen LogP contribution < -0.4 is 4.74 Å². The van der Waals surface area contributed by atoms with Crippen LogP contribution in [0.15, 0.2) is 6.07 Å². The van der Waals surface area contributed by atoms with Crippen molar-refractivity contribution in [3.63, 3.8) is 0 Å². The Bertz CT molecular complexity index is 1160. The van der Waals surface area contributed by atoms with Gasteiger partial charge in [-0.05, 0) is 92.6 Å². The maximum absolute atomic E-state index is 13.6. The monoisotopic (exact) mass is 842 g/mol. The summed E-state index contributed by atoms with van der Waals surface area (Å²) in [6, 6.07) is 1.89. The van der Waals surface area contributed by atoms with Gasteiger partial charge >= 0.3 is 27.3 Å². The third-order valence-electron chi connectivity index (χ3n) is 6.36. The van der Waals surface area contributed by atoms with Crippen LogP contribution in [-0.4, -0.2) is 48.7 Å². The second-order valence-electron chi connectivity index (χ2n) is 8.36. The Hall–Kier alpha value is -0.150. The minimum atomic E-state index is -5.93. The molecule has 8 nitrogen and oxygen atoms in total. The summed E-state index contributed by atoms with van der Waals surface area (Å²) < 4.78 is 89.1. The first-order valence-corrected chi connectivity index (χ1v) is 14.6. The zero-order chi connectivity index (χ0) is 25.2. The van der Waals surface area contributed by atoms with Gasteiger partial charge in [0.2, 0.25) is 0 Å². The van der Waals surface area contributed by atoms with Crippen molar-refractivity contribution in [3.05, 3.63) is 22.3 Å². The smallest absolute Gasteiger partial charge is 0.400 e. The first-order valence-electron chi connectivity index (χ1n) is 9.93. The second kappa shape index (κ2) is 9.30. The molecule has 3 aliphatic rings. The molecule has 1 N–H and O–H groups in total. The highest BCUT2D eigenvalue weighted by molar-refractivity contribution is 14.1. The van der Waals surface area contributed by atoms with E-state index in [4.69, 9.17) is 18.8 Å². The summed E-state index contributed by atoms with van der Waals surface area (Å²) >= 11 is 6.27. The lowest BCUT2D eigenvalue weighted by atomic mass is 9.84. The fraction of sp³-hybridized carbons (Fsp3) is 0.579. The average Bonchev–Trinajstić information content (AvgIpc) is 3.28.